The summed E-state index contributed by atoms with van der Waals surface area (Å²) in [5.74, 6) is 0.654. The first-order chi connectivity index (χ1) is 10.6. The van der Waals surface area contributed by atoms with Crippen LogP contribution in [0.4, 0.5) is 4.39 Å². The molecule has 0 aliphatic rings. The highest BCUT2D eigenvalue weighted by Crippen LogP contribution is 2.24. The second-order valence-electron chi connectivity index (χ2n) is 5.91. The first-order valence-corrected chi connectivity index (χ1v) is 8.36. The van der Waals surface area contributed by atoms with E-state index < -0.39 is 0 Å². The Hall–Kier alpha value is -1.63. The highest BCUT2D eigenvalue weighted by Gasteiger charge is 2.06. The molecular formula is C21H29F. The van der Waals surface area contributed by atoms with Gasteiger partial charge in [0.05, 0.1) is 0 Å². The summed E-state index contributed by atoms with van der Waals surface area (Å²) in [6.07, 6.45) is 5.28. The van der Waals surface area contributed by atoms with Crippen LogP contribution in [0.1, 0.15) is 62.1 Å². The third kappa shape index (κ3) is 6.43. The van der Waals surface area contributed by atoms with Crippen molar-refractivity contribution in [2.75, 3.05) is 0 Å². The SMILES string of the molecule is CCCCC(CC)c1ccccc1.Cc1ccc(F)c(C)c1. The summed E-state index contributed by atoms with van der Waals surface area (Å²) in [5.41, 5.74) is 3.34. The predicted molar refractivity (Wildman–Crippen MR) is 94.9 cm³/mol. The molecule has 0 radical (unpaired) electrons. The quantitative estimate of drug-likeness (QED) is 0.568. The molecule has 0 saturated carbocycles. The van der Waals surface area contributed by atoms with Gasteiger partial charge in [0, 0.05) is 0 Å². The fourth-order valence-corrected chi connectivity index (χ4v) is 2.58. The van der Waals surface area contributed by atoms with Crippen LogP contribution >= 0.6 is 0 Å². The maximum Gasteiger partial charge on any atom is 0.126 e. The highest BCUT2D eigenvalue weighted by atomic mass is 19.1. The van der Waals surface area contributed by atoms with Gasteiger partial charge in [-0.15, -0.1) is 0 Å². The van der Waals surface area contributed by atoms with E-state index in [0.29, 0.717) is 0 Å². The zero-order valence-corrected chi connectivity index (χ0v) is 14.4. The molecule has 0 aromatic heterocycles. The summed E-state index contributed by atoms with van der Waals surface area (Å²) in [6.45, 7) is 8.26. The largest absolute Gasteiger partial charge is 0.207 e. The Bertz CT molecular complexity index is 531. The Balaban J connectivity index is 0.000000235. The van der Waals surface area contributed by atoms with Crippen molar-refractivity contribution < 1.29 is 4.39 Å². The summed E-state index contributed by atoms with van der Waals surface area (Å²) in [6, 6.07) is 16.0. The van der Waals surface area contributed by atoms with E-state index in [0.717, 1.165) is 17.0 Å². The van der Waals surface area contributed by atoms with Crippen LogP contribution < -0.4 is 0 Å². The molecule has 1 unspecified atom stereocenters. The van der Waals surface area contributed by atoms with Gasteiger partial charge in [-0.05, 0) is 49.8 Å². The van der Waals surface area contributed by atoms with Crippen molar-refractivity contribution in [3.8, 4) is 0 Å². The number of hydrogen-bond donors (Lipinski definition) is 0. The Kier molecular flexibility index (Phi) is 8.50. The lowest BCUT2D eigenvalue weighted by atomic mass is 9.91. The van der Waals surface area contributed by atoms with Gasteiger partial charge >= 0.3 is 0 Å². The number of rotatable bonds is 5. The molecule has 0 aliphatic carbocycles. The van der Waals surface area contributed by atoms with Gasteiger partial charge < -0.3 is 0 Å². The summed E-state index contributed by atoms with van der Waals surface area (Å²) in [7, 11) is 0. The van der Waals surface area contributed by atoms with E-state index in [1.165, 1.54) is 37.3 Å². The van der Waals surface area contributed by atoms with E-state index in [-0.39, 0.29) is 5.82 Å². The minimum absolute atomic E-state index is 0.124. The predicted octanol–water partition coefficient (Wildman–Crippen LogP) is 6.81. The Labute approximate surface area is 135 Å². The molecule has 1 heteroatoms. The van der Waals surface area contributed by atoms with Gasteiger partial charge in [0.15, 0.2) is 0 Å². The van der Waals surface area contributed by atoms with Gasteiger partial charge in [-0.2, -0.15) is 0 Å². The number of benzene rings is 2. The topological polar surface area (TPSA) is 0 Å². The fourth-order valence-electron chi connectivity index (χ4n) is 2.58. The molecule has 0 fully saturated rings. The first-order valence-electron chi connectivity index (χ1n) is 8.36. The van der Waals surface area contributed by atoms with E-state index in [9.17, 15) is 4.39 Å². The molecule has 0 N–H and O–H groups in total. The number of aryl methyl sites for hydroxylation is 2. The van der Waals surface area contributed by atoms with Crippen molar-refractivity contribution in [1.82, 2.24) is 0 Å². The van der Waals surface area contributed by atoms with Crippen molar-refractivity contribution in [3.63, 3.8) is 0 Å². The average Bonchev–Trinajstić information content (AvgIpc) is 2.54. The monoisotopic (exact) mass is 300 g/mol. The van der Waals surface area contributed by atoms with Crippen LogP contribution in [0.2, 0.25) is 0 Å². The first kappa shape index (κ1) is 18.4. The Morgan fingerprint density at radius 1 is 0.955 bits per heavy atom. The summed E-state index contributed by atoms with van der Waals surface area (Å²) < 4.78 is 12.5. The third-order valence-electron chi connectivity index (χ3n) is 3.98. The van der Waals surface area contributed by atoms with Gasteiger partial charge in [0.25, 0.3) is 0 Å². The van der Waals surface area contributed by atoms with Gasteiger partial charge in [-0.3, -0.25) is 0 Å². The lowest BCUT2D eigenvalue weighted by Crippen LogP contribution is -1.96. The number of hydrogen-bond acceptors (Lipinski definition) is 0. The molecular weight excluding hydrogens is 271 g/mol. The maximum atomic E-state index is 12.5. The Morgan fingerprint density at radius 3 is 2.14 bits per heavy atom. The van der Waals surface area contributed by atoms with Gasteiger partial charge in [-0.1, -0.05) is 74.7 Å². The summed E-state index contributed by atoms with van der Waals surface area (Å²) in [4.78, 5) is 0. The van der Waals surface area contributed by atoms with Crippen LogP contribution in [0.25, 0.3) is 0 Å². The summed E-state index contributed by atoms with van der Waals surface area (Å²) in [5, 5.41) is 0. The van der Waals surface area contributed by atoms with Crippen LogP contribution in [0.5, 0.6) is 0 Å². The second-order valence-corrected chi connectivity index (χ2v) is 5.91. The second kappa shape index (κ2) is 10.2. The van der Waals surface area contributed by atoms with Crippen molar-refractivity contribution in [2.45, 2.75) is 59.3 Å². The van der Waals surface area contributed by atoms with E-state index >= 15 is 0 Å². The zero-order valence-electron chi connectivity index (χ0n) is 14.4. The van der Waals surface area contributed by atoms with Crippen molar-refractivity contribution in [2.24, 2.45) is 0 Å². The van der Waals surface area contributed by atoms with E-state index in [2.05, 4.69) is 44.2 Å². The number of unbranched alkanes of at least 4 members (excludes halogenated alkanes) is 1. The molecule has 0 heterocycles. The molecule has 1 atom stereocenters. The molecule has 0 spiro atoms. The standard InChI is InChI=1S/C13H20.C8H9F/c1-3-5-9-12(4-2)13-10-7-6-8-11-13;1-6-3-4-8(9)7(2)5-6/h6-8,10-12H,3-5,9H2,1-2H3;3-5H,1-2H3. The molecule has 22 heavy (non-hydrogen) atoms. The molecule has 0 bridgehead atoms. The van der Waals surface area contributed by atoms with Crippen molar-refractivity contribution >= 4 is 0 Å². The normalized spacial score (nSPS) is 11.5. The van der Waals surface area contributed by atoms with Gasteiger partial charge in [0.1, 0.15) is 5.82 Å². The third-order valence-corrected chi connectivity index (χ3v) is 3.98. The summed E-state index contributed by atoms with van der Waals surface area (Å²) >= 11 is 0. The smallest absolute Gasteiger partial charge is 0.126 e. The van der Waals surface area contributed by atoms with Crippen molar-refractivity contribution in [1.29, 1.82) is 0 Å². The minimum Gasteiger partial charge on any atom is -0.207 e. The molecule has 0 saturated heterocycles. The van der Waals surface area contributed by atoms with Crippen molar-refractivity contribution in [3.05, 3.63) is 71.0 Å². The lowest BCUT2D eigenvalue weighted by Gasteiger charge is -2.14. The Morgan fingerprint density at radius 2 is 1.64 bits per heavy atom. The lowest BCUT2D eigenvalue weighted by molar-refractivity contribution is 0.570. The van der Waals surface area contributed by atoms with Crippen LogP contribution in [-0.4, -0.2) is 0 Å². The molecule has 0 aliphatic heterocycles. The van der Waals surface area contributed by atoms with Gasteiger partial charge in [0.2, 0.25) is 0 Å². The van der Waals surface area contributed by atoms with Crippen LogP contribution in [0.15, 0.2) is 48.5 Å². The van der Waals surface area contributed by atoms with Crippen LogP contribution in [0, 0.1) is 19.7 Å². The average molecular weight is 300 g/mol. The highest BCUT2D eigenvalue weighted by molar-refractivity contribution is 5.22. The molecule has 120 valence electrons. The molecule has 0 nitrogen and oxygen atoms in total. The van der Waals surface area contributed by atoms with Crippen LogP contribution in [0.3, 0.4) is 0 Å². The maximum absolute atomic E-state index is 12.5. The minimum atomic E-state index is -0.124. The van der Waals surface area contributed by atoms with E-state index in [1.54, 1.807) is 13.0 Å². The molecule has 2 aromatic rings. The van der Waals surface area contributed by atoms with E-state index in [4.69, 9.17) is 0 Å². The zero-order chi connectivity index (χ0) is 16.4. The van der Waals surface area contributed by atoms with Gasteiger partial charge in [-0.25, -0.2) is 4.39 Å². The van der Waals surface area contributed by atoms with Crippen LogP contribution in [-0.2, 0) is 0 Å². The number of halogens is 1. The molecule has 0 amide bonds. The molecule has 2 aromatic carbocycles. The molecule has 2 rings (SSSR count). The fraction of sp³-hybridized carbons (Fsp3) is 0.429. The van der Waals surface area contributed by atoms with E-state index in [1.807, 2.05) is 13.0 Å².